The van der Waals surface area contributed by atoms with Crippen molar-refractivity contribution in [1.29, 1.82) is 0 Å². The highest BCUT2D eigenvalue weighted by molar-refractivity contribution is 5.86. The van der Waals surface area contributed by atoms with E-state index in [1.54, 1.807) is 0 Å². The van der Waals surface area contributed by atoms with Crippen LogP contribution in [0.3, 0.4) is 0 Å². The predicted octanol–water partition coefficient (Wildman–Crippen LogP) is 2.46. The lowest BCUT2D eigenvalue weighted by Crippen LogP contribution is -2.04. The first kappa shape index (κ1) is 14.0. The number of rotatable bonds is 9. The van der Waals surface area contributed by atoms with Crippen molar-refractivity contribution < 1.29 is 14.4 Å². The van der Waals surface area contributed by atoms with Crippen LogP contribution in [-0.2, 0) is 14.4 Å². The molecular weight excluding hydrogens is 192 g/mol. The molecule has 0 amide bonds. The lowest BCUT2D eigenvalue weighted by Gasteiger charge is -1.99. The molecule has 0 N–H and O–H groups in total. The van der Waals surface area contributed by atoms with E-state index in [1.165, 1.54) is 6.92 Å². The summed E-state index contributed by atoms with van der Waals surface area (Å²) in [7, 11) is 0. The lowest BCUT2D eigenvalue weighted by atomic mass is 10.0. The summed E-state index contributed by atoms with van der Waals surface area (Å²) < 4.78 is 0. The van der Waals surface area contributed by atoms with Gasteiger partial charge >= 0.3 is 0 Å². The summed E-state index contributed by atoms with van der Waals surface area (Å²) in [5.74, 6) is 0.378. The molecular formula is C12H20O3. The van der Waals surface area contributed by atoms with Crippen LogP contribution in [0, 0.1) is 0 Å². The Labute approximate surface area is 91.2 Å². The first-order chi connectivity index (χ1) is 7.06. The Bertz CT molecular complexity index is 231. The van der Waals surface area contributed by atoms with Crippen molar-refractivity contribution in [2.45, 2.75) is 58.8 Å². The molecule has 0 atom stereocenters. The van der Waals surface area contributed by atoms with Crippen LogP contribution < -0.4 is 0 Å². The van der Waals surface area contributed by atoms with E-state index in [4.69, 9.17) is 0 Å². The Kier molecular flexibility index (Phi) is 7.78. The summed E-state index contributed by atoms with van der Waals surface area (Å²) in [5.41, 5.74) is 0. The Morgan fingerprint density at radius 1 is 0.800 bits per heavy atom. The molecule has 0 aliphatic rings. The second-order valence-electron chi connectivity index (χ2n) is 3.88. The minimum atomic E-state index is 0.0979. The average Bonchev–Trinajstić information content (AvgIpc) is 2.14. The van der Waals surface area contributed by atoms with Crippen molar-refractivity contribution in [1.82, 2.24) is 0 Å². The molecule has 0 heterocycles. The van der Waals surface area contributed by atoms with Gasteiger partial charge in [-0.2, -0.15) is 0 Å². The summed E-state index contributed by atoms with van der Waals surface area (Å²) in [5, 5.41) is 0. The van der Waals surface area contributed by atoms with Gasteiger partial charge in [-0.3, -0.25) is 9.59 Å². The third-order valence-electron chi connectivity index (χ3n) is 2.20. The van der Waals surface area contributed by atoms with E-state index in [0.29, 0.717) is 38.5 Å². The van der Waals surface area contributed by atoms with Crippen molar-refractivity contribution >= 4 is 17.3 Å². The molecule has 0 aromatic heterocycles. The number of ketones is 3. The van der Waals surface area contributed by atoms with Crippen molar-refractivity contribution in [3.63, 3.8) is 0 Å². The van der Waals surface area contributed by atoms with E-state index in [2.05, 4.69) is 0 Å². The van der Waals surface area contributed by atoms with Gasteiger partial charge in [0.05, 0.1) is 0 Å². The zero-order chi connectivity index (χ0) is 11.7. The van der Waals surface area contributed by atoms with Crippen LogP contribution >= 0.6 is 0 Å². The van der Waals surface area contributed by atoms with Crippen LogP contribution in [0.5, 0.6) is 0 Å². The lowest BCUT2D eigenvalue weighted by molar-refractivity contribution is -0.124. The van der Waals surface area contributed by atoms with Gasteiger partial charge in [0, 0.05) is 32.1 Å². The van der Waals surface area contributed by atoms with Gasteiger partial charge in [0.1, 0.15) is 17.3 Å². The highest BCUT2D eigenvalue weighted by Gasteiger charge is 2.06. The molecule has 0 rings (SSSR count). The molecule has 0 radical (unpaired) electrons. The van der Waals surface area contributed by atoms with Crippen LogP contribution in [0.25, 0.3) is 0 Å². The van der Waals surface area contributed by atoms with Crippen LogP contribution in [0.2, 0.25) is 0 Å². The zero-order valence-electron chi connectivity index (χ0n) is 9.67. The van der Waals surface area contributed by atoms with Crippen LogP contribution in [0.1, 0.15) is 58.8 Å². The summed E-state index contributed by atoms with van der Waals surface area (Å²) in [4.78, 5) is 33.0. The molecule has 0 fully saturated rings. The maximum Gasteiger partial charge on any atom is 0.133 e. The van der Waals surface area contributed by atoms with Crippen molar-refractivity contribution in [3.8, 4) is 0 Å². The predicted molar refractivity (Wildman–Crippen MR) is 58.7 cm³/mol. The molecule has 0 aliphatic carbocycles. The molecule has 0 bridgehead atoms. The third-order valence-corrected chi connectivity index (χ3v) is 2.20. The Morgan fingerprint density at radius 3 is 1.80 bits per heavy atom. The second-order valence-corrected chi connectivity index (χ2v) is 3.88. The fourth-order valence-corrected chi connectivity index (χ4v) is 1.34. The van der Waals surface area contributed by atoms with Gasteiger partial charge in [0.2, 0.25) is 0 Å². The normalized spacial score (nSPS) is 10.0. The molecule has 3 nitrogen and oxygen atoms in total. The van der Waals surface area contributed by atoms with E-state index in [-0.39, 0.29) is 17.3 Å². The molecule has 3 heteroatoms. The van der Waals surface area contributed by atoms with Crippen LogP contribution in [0.15, 0.2) is 0 Å². The molecule has 15 heavy (non-hydrogen) atoms. The average molecular weight is 212 g/mol. The Hall–Kier alpha value is -0.990. The second kappa shape index (κ2) is 8.33. The fraction of sp³-hybridized carbons (Fsp3) is 0.750. The maximum atomic E-state index is 11.3. The molecule has 0 aromatic rings. The summed E-state index contributed by atoms with van der Waals surface area (Å²) in [6.07, 6.45) is 3.64. The number of Topliss-reactive ketones (excluding diaryl/α,β-unsaturated/α-hetero) is 3. The van der Waals surface area contributed by atoms with Crippen LogP contribution in [0.4, 0.5) is 0 Å². The first-order valence-electron chi connectivity index (χ1n) is 5.59. The number of carbonyl (C=O) groups is 3. The van der Waals surface area contributed by atoms with Gasteiger partial charge in [0.25, 0.3) is 0 Å². The molecule has 0 aromatic carbocycles. The zero-order valence-corrected chi connectivity index (χ0v) is 9.67. The SMILES string of the molecule is CCCC(=O)CCC(=O)CCCC(C)=O. The van der Waals surface area contributed by atoms with Gasteiger partial charge < -0.3 is 4.79 Å². The Morgan fingerprint density at radius 2 is 1.33 bits per heavy atom. The van der Waals surface area contributed by atoms with E-state index in [0.717, 1.165) is 6.42 Å². The van der Waals surface area contributed by atoms with Gasteiger partial charge in [-0.15, -0.1) is 0 Å². The first-order valence-corrected chi connectivity index (χ1v) is 5.59. The topological polar surface area (TPSA) is 51.2 Å². The van der Waals surface area contributed by atoms with Gasteiger partial charge in [-0.05, 0) is 19.8 Å². The largest absolute Gasteiger partial charge is 0.300 e. The Balaban J connectivity index is 3.49. The molecule has 0 saturated heterocycles. The van der Waals surface area contributed by atoms with E-state index >= 15 is 0 Å². The van der Waals surface area contributed by atoms with Crippen molar-refractivity contribution in [2.75, 3.05) is 0 Å². The maximum absolute atomic E-state index is 11.3. The minimum absolute atomic E-state index is 0.0979. The van der Waals surface area contributed by atoms with Gasteiger partial charge in [0.15, 0.2) is 0 Å². The summed E-state index contributed by atoms with van der Waals surface area (Å²) in [6.45, 7) is 3.47. The summed E-state index contributed by atoms with van der Waals surface area (Å²) >= 11 is 0. The molecule has 86 valence electrons. The van der Waals surface area contributed by atoms with Gasteiger partial charge in [-0.25, -0.2) is 0 Å². The molecule has 0 saturated carbocycles. The number of hydrogen-bond donors (Lipinski definition) is 0. The number of hydrogen-bond acceptors (Lipinski definition) is 3. The van der Waals surface area contributed by atoms with E-state index in [1.807, 2.05) is 6.92 Å². The van der Waals surface area contributed by atoms with Gasteiger partial charge in [-0.1, -0.05) is 6.92 Å². The quantitative estimate of drug-likeness (QED) is 0.590. The van der Waals surface area contributed by atoms with Crippen molar-refractivity contribution in [3.05, 3.63) is 0 Å². The molecule has 0 aliphatic heterocycles. The monoisotopic (exact) mass is 212 g/mol. The summed E-state index contributed by atoms with van der Waals surface area (Å²) in [6, 6.07) is 0. The highest BCUT2D eigenvalue weighted by atomic mass is 16.1. The fourth-order valence-electron chi connectivity index (χ4n) is 1.34. The van der Waals surface area contributed by atoms with Crippen LogP contribution in [-0.4, -0.2) is 17.3 Å². The molecule has 0 unspecified atom stereocenters. The number of carbonyl (C=O) groups excluding carboxylic acids is 3. The van der Waals surface area contributed by atoms with Crippen molar-refractivity contribution in [2.24, 2.45) is 0 Å². The minimum Gasteiger partial charge on any atom is -0.300 e. The van der Waals surface area contributed by atoms with E-state index in [9.17, 15) is 14.4 Å². The smallest absolute Gasteiger partial charge is 0.133 e. The standard InChI is InChI=1S/C12H20O3/c1-3-5-11(14)8-9-12(15)7-4-6-10(2)13/h3-9H2,1-2H3. The van der Waals surface area contributed by atoms with E-state index < -0.39 is 0 Å². The third kappa shape index (κ3) is 9.32. The molecule has 0 spiro atoms. The highest BCUT2D eigenvalue weighted by Crippen LogP contribution is 2.04.